The maximum absolute atomic E-state index is 13.1. The van der Waals surface area contributed by atoms with Crippen molar-refractivity contribution in [2.24, 2.45) is 0 Å². The van der Waals surface area contributed by atoms with Crippen LogP contribution in [0, 0.1) is 12.7 Å². The Morgan fingerprint density at radius 2 is 2.23 bits per heavy atom. The van der Waals surface area contributed by atoms with E-state index in [4.69, 9.17) is 5.11 Å². The fraction of sp³-hybridized carbons (Fsp3) is 0.200. The first kappa shape index (κ1) is 8.66. The third-order valence-corrected chi connectivity index (χ3v) is 3.33. The largest absolute Gasteiger partial charge is 0.391 e. The van der Waals surface area contributed by atoms with E-state index in [0.717, 1.165) is 15.0 Å². The zero-order valence-electron chi connectivity index (χ0n) is 7.17. The maximum Gasteiger partial charge on any atom is 0.127 e. The molecular weight excluding hydrogens is 187 g/mol. The molecule has 0 atom stereocenters. The van der Waals surface area contributed by atoms with Crippen LogP contribution >= 0.6 is 11.3 Å². The third kappa shape index (κ3) is 1.34. The zero-order chi connectivity index (χ0) is 9.42. The van der Waals surface area contributed by atoms with Crippen LogP contribution in [0.2, 0.25) is 0 Å². The first-order chi connectivity index (χ1) is 6.22. The summed E-state index contributed by atoms with van der Waals surface area (Å²) in [6.07, 6.45) is 0. The Morgan fingerprint density at radius 1 is 1.46 bits per heavy atom. The van der Waals surface area contributed by atoms with E-state index >= 15 is 0 Å². The SMILES string of the molecule is Cc1c(F)ccc2cc(CO)sc12. The number of aryl methyl sites for hydroxylation is 1. The second-order valence-electron chi connectivity index (χ2n) is 2.96. The average Bonchev–Trinajstić information content (AvgIpc) is 2.55. The van der Waals surface area contributed by atoms with Crippen molar-refractivity contribution in [1.82, 2.24) is 0 Å². The van der Waals surface area contributed by atoms with Crippen LogP contribution in [0.25, 0.3) is 10.1 Å². The van der Waals surface area contributed by atoms with Crippen molar-refractivity contribution in [3.63, 3.8) is 0 Å². The predicted octanol–water partition coefficient (Wildman–Crippen LogP) is 2.84. The molecule has 2 aromatic rings. The lowest BCUT2D eigenvalue weighted by Gasteiger charge is -1.95. The van der Waals surface area contributed by atoms with Crippen molar-refractivity contribution in [3.05, 3.63) is 34.5 Å². The Labute approximate surface area is 79.4 Å². The van der Waals surface area contributed by atoms with Gasteiger partial charge in [-0.1, -0.05) is 6.07 Å². The molecule has 0 bridgehead atoms. The molecule has 0 unspecified atom stereocenters. The van der Waals surface area contributed by atoms with E-state index < -0.39 is 0 Å². The molecule has 1 heterocycles. The predicted molar refractivity (Wildman–Crippen MR) is 52.4 cm³/mol. The molecule has 1 aromatic heterocycles. The van der Waals surface area contributed by atoms with Crippen LogP contribution in [-0.4, -0.2) is 5.11 Å². The van der Waals surface area contributed by atoms with E-state index in [0.29, 0.717) is 5.56 Å². The van der Waals surface area contributed by atoms with Crippen molar-refractivity contribution in [3.8, 4) is 0 Å². The summed E-state index contributed by atoms with van der Waals surface area (Å²) in [6.45, 7) is 1.79. The molecule has 0 amide bonds. The molecule has 0 fully saturated rings. The molecule has 2 rings (SSSR count). The number of fused-ring (bicyclic) bond motifs is 1. The minimum atomic E-state index is -0.182. The summed E-state index contributed by atoms with van der Waals surface area (Å²) in [5.74, 6) is -0.182. The van der Waals surface area contributed by atoms with Gasteiger partial charge in [0.15, 0.2) is 0 Å². The van der Waals surface area contributed by atoms with Gasteiger partial charge in [0.2, 0.25) is 0 Å². The van der Waals surface area contributed by atoms with Gasteiger partial charge in [-0.2, -0.15) is 0 Å². The lowest BCUT2D eigenvalue weighted by Crippen LogP contribution is -1.79. The highest BCUT2D eigenvalue weighted by Gasteiger charge is 2.06. The molecule has 0 saturated heterocycles. The molecule has 13 heavy (non-hydrogen) atoms. The van der Waals surface area contributed by atoms with Gasteiger partial charge in [0.25, 0.3) is 0 Å². The minimum Gasteiger partial charge on any atom is -0.391 e. The highest BCUT2D eigenvalue weighted by molar-refractivity contribution is 7.19. The molecule has 1 aromatic carbocycles. The normalized spacial score (nSPS) is 11.0. The Bertz CT molecular complexity index is 447. The number of hydrogen-bond donors (Lipinski definition) is 1. The standard InChI is InChI=1S/C10H9FOS/c1-6-9(11)3-2-7-4-8(5-12)13-10(6)7/h2-4,12H,5H2,1H3. The fourth-order valence-electron chi connectivity index (χ4n) is 1.35. The van der Waals surface area contributed by atoms with Crippen molar-refractivity contribution >= 4 is 21.4 Å². The van der Waals surface area contributed by atoms with Gasteiger partial charge in [-0.3, -0.25) is 0 Å². The average molecular weight is 196 g/mol. The first-order valence-electron chi connectivity index (χ1n) is 4.01. The molecule has 1 N–H and O–H groups in total. The van der Waals surface area contributed by atoms with Crippen LogP contribution < -0.4 is 0 Å². The van der Waals surface area contributed by atoms with Crippen LogP contribution in [0.15, 0.2) is 18.2 Å². The number of thiophene rings is 1. The topological polar surface area (TPSA) is 20.2 Å². The highest BCUT2D eigenvalue weighted by atomic mass is 32.1. The molecule has 3 heteroatoms. The van der Waals surface area contributed by atoms with Crippen LogP contribution in [-0.2, 0) is 6.61 Å². The van der Waals surface area contributed by atoms with E-state index in [2.05, 4.69) is 0 Å². The van der Waals surface area contributed by atoms with Crippen LogP contribution in [0.5, 0.6) is 0 Å². The Morgan fingerprint density at radius 3 is 2.92 bits per heavy atom. The van der Waals surface area contributed by atoms with Gasteiger partial charge in [-0.15, -0.1) is 11.3 Å². The van der Waals surface area contributed by atoms with Gasteiger partial charge in [0.1, 0.15) is 5.82 Å². The summed E-state index contributed by atoms with van der Waals surface area (Å²) < 4.78 is 14.0. The quantitative estimate of drug-likeness (QED) is 0.743. The molecule has 0 aliphatic carbocycles. The third-order valence-electron chi connectivity index (χ3n) is 2.08. The molecule has 0 aliphatic rings. The Balaban J connectivity index is 2.76. The maximum atomic E-state index is 13.1. The molecule has 0 saturated carbocycles. The van der Waals surface area contributed by atoms with Crippen LogP contribution in [0.1, 0.15) is 10.4 Å². The van der Waals surface area contributed by atoms with Gasteiger partial charge in [0, 0.05) is 15.1 Å². The first-order valence-corrected chi connectivity index (χ1v) is 4.82. The number of rotatable bonds is 1. The van der Waals surface area contributed by atoms with E-state index in [1.54, 1.807) is 13.0 Å². The van der Waals surface area contributed by atoms with Gasteiger partial charge in [-0.05, 0) is 24.4 Å². The number of hydrogen-bond acceptors (Lipinski definition) is 2. The molecule has 0 radical (unpaired) electrons. The number of aliphatic hydroxyl groups is 1. The van der Waals surface area contributed by atoms with E-state index in [1.807, 2.05) is 6.07 Å². The molecule has 1 nitrogen and oxygen atoms in total. The summed E-state index contributed by atoms with van der Waals surface area (Å²) in [6, 6.07) is 5.10. The second-order valence-corrected chi connectivity index (χ2v) is 4.10. The summed E-state index contributed by atoms with van der Waals surface area (Å²) in [5, 5.41) is 9.92. The lowest BCUT2D eigenvalue weighted by atomic mass is 10.2. The second kappa shape index (κ2) is 3.09. The highest BCUT2D eigenvalue weighted by Crippen LogP contribution is 2.29. The zero-order valence-corrected chi connectivity index (χ0v) is 7.99. The molecule has 0 aliphatic heterocycles. The smallest absolute Gasteiger partial charge is 0.127 e. The number of aliphatic hydroxyl groups excluding tert-OH is 1. The lowest BCUT2D eigenvalue weighted by molar-refractivity contribution is 0.285. The monoisotopic (exact) mass is 196 g/mol. The number of halogens is 1. The van der Waals surface area contributed by atoms with Crippen LogP contribution in [0.4, 0.5) is 4.39 Å². The van der Waals surface area contributed by atoms with Crippen molar-refractivity contribution in [2.45, 2.75) is 13.5 Å². The van der Waals surface area contributed by atoms with Gasteiger partial charge >= 0.3 is 0 Å². The van der Waals surface area contributed by atoms with Gasteiger partial charge in [-0.25, -0.2) is 4.39 Å². The summed E-state index contributed by atoms with van der Waals surface area (Å²) >= 11 is 1.45. The molecule has 0 spiro atoms. The van der Waals surface area contributed by atoms with Crippen molar-refractivity contribution in [2.75, 3.05) is 0 Å². The Hall–Kier alpha value is -0.930. The molecule has 68 valence electrons. The Kier molecular flexibility index (Phi) is 2.06. The van der Waals surface area contributed by atoms with E-state index in [1.165, 1.54) is 17.4 Å². The van der Waals surface area contributed by atoms with Crippen molar-refractivity contribution < 1.29 is 9.50 Å². The summed E-state index contributed by atoms with van der Waals surface area (Å²) in [5.41, 5.74) is 0.669. The van der Waals surface area contributed by atoms with Crippen molar-refractivity contribution in [1.29, 1.82) is 0 Å². The summed E-state index contributed by atoms with van der Waals surface area (Å²) in [7, 11) is 0. The van der Waals surface area contributed by atoms with Crippen LogP contribution in [0.3, 0.4) is 0 Å². The summed E-state index contributed by atoms with van der Waals surface area (Å²) in [4.78, 5) is 0.878. The fourth-order valence-corrected chi connectivity index (χ4v) is 2.36. The van der Waals surface area contributed by atoms with E-state index in [9.17, 15) is 4.39 Å². The number of benzene rings is 1. The van der Waals surface area contributed by atoms with E-state index in [-0.39, 0.29) is 12.4 Å². The van der Waals surface area contributed by atoms with Gasteiger partial charge < -0.3 is 5.11 Å². The van der Waals surface area contributed by atoms with Gasteiger partial charge in [0.05, 0.1) is 6.61 Å². The minimum absolute atomic E-state index is 0.0282. The molecular formula is C10H9FOS.